The monoisotopic (exact) mass is 332 g/mol. The van der Waals surface area contributed by atoms with Crippen LogP contribution in [0.5, 0.6) is 0 Å². The number of carboxylic acids is 2. The Morgan fingerprint density at radius 3 is 1.62 bits per heavy atom. The van der Waals surface area contributed by atoms with Crippen LogP contribution in [0.2, 0.25) is 0 Å². The van der Waals surface area contributed by atoms with Crippen LogP contribution >= 0.6 is 0 Å². The molecule has 0 radical (unpaired) electrons. The zero-order valence-corrected chi connectivity index (χ0v) is 15.6. The molecule has 0 N–H and O–H groups in total. The lowest BCUT2D eigenvalue weighted by Crippen LogP contribution is -2.37. The average molecular weight is 332 g/mol. The van der Waals surface area contributed by atoms with E-state index >= 15 is 0 Å². The van der Waals surface area contributed by atoms with E-state index in [0.29, 0.717) is 24.0 Å². The molecule has 0 atom stereocenters. The highest BCUT2D eigenvalue weighted by Gasteiger charge is 2.34. The number of rotatable bonds is 8. The molecule has 0 aliphatic heterocycles. The van der Waals surface area contributed by atoms with Crippen molar-refractivity contribution in [1.29, 1.82) is 0 Å². The first kappa shape index (κ1) is 20.2. The van der Waals surface area contributed by atoms with E-state index in [1.54, 1.807) is 6.07 Å². The maximum absolute atomic E-state index is 12.1. The minimum Gasteiger partial charge on any atom is -0.545 e. The third kappa shape index (κ3) is 3.33. The van der Waals surface area contributed by atoms with E-state index in [-0.39, 0.29) is 16.5 Å². The number of carboxylic acid groups (broad SMARTS) is 2. The maximum atomic E-state index is 12.1. The molecule has 1 rings (SSSR count). The fourth-order valence-electron chi connectivity index (χ4n) is 3.35. The Hall–Kier alpha value is -1.84. The summed E-state index contributed by atoms with van der Waals surface area (Å²) in [6.45, 7) is 11.8. The molecule has 0 fully saturated rings. The van der Waals surface area contributed by atoms with Crippen LogP contribution in [0.25, 0.3) is 0 Å². The lowest BCUT2D eigenvalue weighted by atomic mass is 9.68. The van der Waals surface area contributed by atoms with Gasteiger partial charge in [-0.3, -0.25) is 0 Å². The van der Waals surface area contributed by atoms with Gasteiger partial charge in [0, 0.05) is 11.1 Å². The van der Waals surface area contributed by atoms with E-state index in [1.807, 2.05) is 41.5 Å². The van der Waals surface area contributed by atoms with Gasteiger partial charge in [-0.05, 0) is 47.6 Å². The second-order valence-corrected chi connectivity index (χ2v) is 7.02. The van der Waals surface area contributed by atoms with Crippen molar-refractivity contribution in [3.05, 3.63) is 34.4 Å². The van der Waals surface area contributed by atoms with E-state index in [2.05, 4.69) is 0 Å². The molecule has 4 heteroatoms. The molecule has 0 aliphatic rings. The number of carbonyl (C=O) groups is 2. The minimum absolute atomic E-state index is 0.0362. The van der Waals surface area contributed by atoms with Crippen LogP contribution in [0.4, 0.5) is 0 Å². The molecule has 0 saturated heterocycles. The van der Waals surface area contributed by atoms with Gasteiger partial charge in [0.1, 0.15) is 0 Å². The van der Waals surface area contributed by atoms with Crippen molar-refractivity contribution in [3.63, 3.8) is 0 Å². The van der Waals surface area contributed by atoms with E-state index < -0.39 is 17.4 Å². The molecule has 0 heterocycles. The third-order valence-corrected chi connectivity index (χ3v) is 6.00. The van der Waals surface area contributed by atoms with E-state index in [1.165, 1.54) is 6.07 Å². The van der Waals surface area contributed by atoms with Gasteiger partial charge in [0.05, 0.1) is 11.9 Å². The van der Waals surface area contributed by atoms with Crippen LogP contribution < -0.4 is 10.2 Å². The second-order valence-electron chi connectivity index (χ2n) is 7.02. The summed E-state index contributed by atoms with van der Waals surface area (Å²) >= 11 is 0. The van der Waals surface area contributed by atoms with Crippen LogP contribution in [0, 0.1) is 0 Å². The van der Waals surface area contributed by atoms with Gasteiger partial charge in [0.25, 0.3) is 0 Å². The molecule has 4 nitrogen and oxygen atoms in total. The molecule has 24 heavy (non-hydrogen) atoms. The molecular weight excluding hydrogens is 304 g/mol. The molecule has 0 amide bonds. The molecule has 134 valence electrons. The van der Waals surface area contributed by atoms with Gasteiger partial charge in [0.2, 0.25) is 0 Å². The zero-order valence-electron chi connectivity index (χ0n) is 15.6. The van der Waals surface area contributed by atoms with Crippen molar-refractivity contribution in [2.24, 2.45) is 0 Å². The largest absolute Gasteiger partial charge is 0.545 e. The number of hydrogen-bond acceptors (Lipinski definition) is 4. The predicted molar refractivity (Wildman–Crippen MR) is 91.0 cm³/mol. The van der Waals surface area contributed by atoms with E-state index in [0.717, 1.165) is 12.8 Å². The van der Waals surface area contributed by atoms with Crippen molar-refractivity contribution in [3.8, 4) is 0 Å². The quantitative estimate of drug-likeness (QED) is 0.733. The molecule has 1 aromatic carbocycles. The minimum atomic E-state index is -1.35. The average Bonchev–Trinajstić information content (AvgIpc) is 2.58. The summed E-state index contributed by atoms with van der Waals surface area (Å²) in [6.07, 6.45) is 2.76. The van der Waals surface area contributed by atoms with Crippen molar-refractivity contribution in [1.82, 2.24) is 0 Å². The van der Waals surface area contributed by atoms with Crippen molar-refractivity contribution in [2.75, 3.05) is 0 Å². The zero-order chi connectivity index (χ0) is 18.7. The number of hydrogen-bond donors (Lipinski definition) is 0. The summed E-state index contributed by atoms with van der Waals surface area (Å²) in [7, 11) is 0. The van der Waals surface area contributed by atoms with Crippen LogP contribution in [-0.4, -0.2) is 11.9 Å². The molecule has 0 aromatic heterocycles. The van der Waals surface area contributed by atoms with E-state index in [9.17, 15) is 19.8 Å². The Balaban J connectivity index is 4.01. The Morgan fingerprint density at radius 1 is 0.833 bits per heavy atom. The van der Waals surface area contributed by atoms with Gasteiger partial charge in [-0.2, -0.15) is 0 Å². The van der Waals surface area contributed by atoms with Gasteiger partial charge >= 0.3 is 0 Å². The highest BCUT2D eigenvalue weighted by atomic mass is 16.4. The van der Waals surface area contributed by atoms with E-state index in [4.69, 9.17) is 0 Å². The SMILES string of the molecule is CCC(C)(CC)c1ccc(C(=O)[O-])c(C(C)(CC)CC)c1C(=O)[O-]. The topological polar surface area (TPSA) is 80.3 Å². The van der Waals surface area contributed by atoms with Gasteiger partial charge < -0.3 is 19.8 Å². The maximum Gasteiger partial charge on any atom is 0.0721 e. The Morgan fingerprint density at radius 2 is 1.29 bits per heavy atom. The fourth-order valence-corrected chi connectivity index (χ4v) is 3.35. The predicted octanol–water partition coefficient (Wildman–Crippen LogP) is 2.57. The summed E-state index contributed by atoms with van der Waals surface area (Å²) in [6, 6.07) is 3.12. The molecule has 0 bridgehead atoms. The number of benzene rings is 1. The second kappa shape index (κ2) is 7.37. The summed E-state index contributed by atoms with van der Waals surface area (Å²) in [4.78, 5) is 23.7. The summed E-state index contributed by atoms with van der Waals surface area (Å²) in [5, 5.41) is 23.7. The number of aromatic carboxylic acids is 2. The standard InChI is InChI=1S/C20H30O4/c1-7-19(5,8-2)14-12-11-13(17(21)22)16(15(14)18(23)24)20(6,9-3)10-4/h11-12H,7-10H2,1-6H3,(H,21,22)(H,23,24)/p-2. The van der Waals surface area contributed by atoms with Gasteiger partial charge in [-0.1, -0.05) is 53.7 Å². The van der Waals surface area contributed by atoms with Crippen molar-refractivity contribution in [2.45, 2.75) is 78.1 Å². The summed E-state index contributed by atoms with van der Waals surface area (Å²) in [5.41, 5.74) is 0.0757. The van der Waals surface area contributed by atoms with Gasteiger partial charge in [0.15, 0.2) is 0 Å². The van der Waals surface area contributed by atoms with Crippen LogP contribution in [0.1, 0.15) is 99.1 Å². The first-order valence-electron chi connectivity index (χ1n) is 8.72. The third-order valence-electron chi connectivity index (χ3n) is 6.00. The molecule has 1 aromatic rings. The molecule has 0 aliphatic carbocycles. The lowest BCUT2D eigenvalue weighted by Gasteiger charge is -2.38. The van der Waals surface area contributed by atoms with Crippen LogP contribution in [0.3, 0.4) is 0 Å². The smallest absolute Gasteiger partial charge is 0.0721 e. The Labute approximate surface area is 144 Å². The first-order valence-corrected chi connectivity index (χ1v) is 8.72. The summed E-state index contributed by atoms with van der Waals surface area (Å²) in [5.74, 6) is -2.66. The highest BCUT2D eigenvalue weighted by molar-refractivity contribution is 5.97. The van der Waals surface area contributed by atoms with Crippen LogP contribution in [-0.2, 0) is 10.8 Å². The Bertz CT molecular complexity index is 623. The Kier molecular flexibility index (Phi) is 6.20. The van der Waals surface area contributed by atoms with Gasteiger partial charge in [-0.15, -0.1) is 0 Å². The van der Waals surface area contributed by atoms with Crippen LogP contribution in [0.15, 0.2) is 12.1 Å². The highest BCUT2D eigenvalue weighted by Crippen LogP contribution is 2.41. The number of carbonyl (C=O) groups excluding carboxylic acids is 2. The molecular formula is C20H28O4-2. The van der Waals surface area contributed by atoms with Crippen molar-refractivity contribution < 1.29 is 19.8 Å². The molecule has 0 unspecified atom stereocenters. The molecule has 0 saturated carbocycles. The van der Waals surface area contributed by atoms with Gasteiger partial charge in [-0.25, -0.2) is 0 Å². The molecule has 0 spiro atoms. The lowest BCUT2D eigenvalue weighted by molar-refractivity contribution is -0.255. The first-order chi connectivity index (χ1) is 11.1. The fraction of sp³-hybridized carbons (Fsp3) is 0.600. The van der Waals surface area contributed by atoms with Crippen molar-refractivity contribution >= 4 is 11.9 Å². The normalized spacial score (nSPS) is 12.2. The summed E-state index contributed by atoms with van der Waals surface area (Å²) < 4.78 is 0.